The molecule has 0 bridgehead atoms. The van der Waals surface area contributed by atoms with Gasteiger partial charge in [0.05, 0.1) is 18.0 Å². The molecule has 0 saturated heterocycles. The molecule has 0 atom stereocenters. The number of H-pyrrole nitrogens is 1. The maximum absolute atomic E-state index is 12.3. The molecular weight excluding hydrogens is 302 g/mol. The van der Waals surface area contributed by atoms with Gasteiger partial charge in [0.2, 0.25) is 0 Å². The minimum absolute atomic E-state index is 0.303. The number of aromatic amines is 1. The van der Waals surface area contributed by atoms with Crippen molar-refractivity contribution in [1.29, 1.82) is 0 Å². The summed E-state index contributed by atoms with van der Waals surface area (Å²) in [6.45, 7) is 2.46. The zero-order valence-corrected chi connectivity index (χ0v) is 13.5. The van der Waals surface area contributed by atoms with Crippen LogP contribution in [0.5, 0.6) is 0 Å². The lowest BCUT2D eigenvalue weighted by Gasteiger charge is -2.06. The Labute approximate surface area is 140 Å². The van der Waals surface area contributed by atoms with Crippen molar-refractivity contribution in [1.82, 2.24) is 15.2 Å². The molecule has 2 heterocycles. The van der Waals surface area contributed by atoms with Crippen molar-refractivity contribution >= 4 is 5.97 Å². The Hall–Kier alpha value is -2.95. The van der Waals surface area contributed by atoms with E-state index in [0.29, 0.717) is 17.9 Å². The van der Waals surface area contributed by atoms with Crippen molar-refractivity contribution in [2.75, 3.05) is 6.61 Å². The number of benzene rings is 1. The summed E-state index contributed by atoms with van der Waals surface area (Å²) >= 11 is 0. The Kier molecular flexibility index (Phi) is 5.01. The Balaban J connectivity index is 1.88. The van der Waals surface area contributed by atoms with Crippen molar-refractivity contribution in [3.8, 4) is 22.5 Å². The second kappa shape index (κ2) is 7.55. The molecule has 3 rings (SSSR count). The smallest absolute Gasteiger partial charge is 0.357 e. The van der Waals surface area contributed by atoms with Gasteiger partial charge in [-0.05, 0) is 24.6 Å². The zero-order chi connectivity index (χ0) is 16.8. The average Bonchev–Trinajstić information content (AvgIpc) is 3.12. The topological polar surface area (TPSA) is 67.9 Å². The van der Waals surface area contributed by atoms with Crippen molar-refractivity contribution in [3.05, 3.63) is 60.4 Å². The predicted molar refractivity (Wildman–Crippen MR) is 92.4 cm³/mol. The highest BCUT2D eigenvalue weighted by Crippen LogP contribution is 2.25. The first-order valence-corrected chi connectivity index (χ1v) is 8.03. The first kappa shape index (κ1) is 15.9. The molecule has 0 spiro atoms. The highest BCUT2D eigenvalue weighted by Gasteiger charge is 2.17. The van der Waals surface area contributed by atoms with Gasteiger partial charge in [0.15, 0.2) is 5.69 Å². The maximum Gasteiger partial charge on any atom is 0.357 e. The van der Waals surface area contributed by atoms with Gasteiger partial charge < -0.3 is 4.74 Å². The molecule has 122 valence electrons. The van der Waals surface area contributed by atoms with Crippen molar-refractivity contribution in [3.63, 3.8) is 0 Å². The normalized spacial score (nSPS) is 10.5. The first-order chi connectivity index (χ1) is 11.8. The van der Waals surface area contributed by atoms with Crippen LogP contribution in [0.4, 0.5) is 0 Å². The van der Waals surface area contributed by atoms with Crippen LogP contribution in [-0.2, 0) is 4.74 Å². The van der Waals surface area contributed by atoms with E-state index in [1.165, 1.54) is 0 Å². The quantitative estimate of drug-likeness (QED) is 0.548. The van der Waals surface area contributed by atoms with Gasteiger partial charge in [-0.3, -0.25) is 5.10 Å². The van der Waals surface area contributed by atoms with Crippen LogP contribution >= 0.6 is 0 Å². The van der Waals surface area contributed by atoms with E-state index in [1.54, 1.807) is 12.3 Å². The van der Waals surface area contributed by atoms with E-state index in [1.807, 2.05) is 42.5 Å². The van der Waals surface area contributed by atoms with Crippen LogP contribution in [0.2, 0.25) is 0 Å². The fraction of sp³-hybridized carbons (Fsp3) is 0.211. The second-order valence-corrected chi connectivity index (χ2v) is 5.42. The molecule has 0 aliphatic rings. The summed E-state index contributed by atoms with van der Waals surface area (Å²) < 4.78 is 5.29. The van der Waals surface area contributed by atoms with Gasteiger partial charge in [-0.25, -0.2) is 9.78 Å². The minimum atomic E-state index is -0.407. The average molecular weight is 321 g/mol. The number of nitrogens with zero attached hydrogens (tertiary/aromatic N) is 2. The number of hydrogen-bond donors (Lipinski definition) is 1. The van der Waals surface area contributed by atoms with E-state index in [9.17, 15) is 4.79 Å². The van der Waals surface area contributed by atoms with Crippen LogP contribution < -0.4 is 0 Å². The highest BCUT2D eigenvalue weighted by molar-refractivity contribution is 5.94. The Morgan fingerprint density at radius 2 is 2.00 bits per heavy atom. The molecule has 1 aromatic carbocycles. The molecule has 2 aromatic heterocycles. The number of pyridine rings is 1. The van der Waals surface area contributed by atoms with Crippen LogP contribution in [0, 0.1) is 0 Å². The van der Waals surface area contributed by atoms with E-state index in [0.717, 1.165) is 29.8 Å². The van der Waals surface area contributed by atoms with Gasteiger partial charge in [-0.1, -0.05) is 43.7 Å². The molecule has 0 unspecified atom stereocenters. The minimum Gasteiger partial charge on any atom is -0.461 e. The summed E-state index contributed by atoms with van der Waals surface area (Å²) in [6.07, 6.45) is 3.41. The van der Waals surface area contributed by atoms with E-state index in [2.05, 4.69) is 22.1 Å². The lowest BCUT2D eigenvalue weighted by Crippen LogP contribution is -2.10. The first-order valence-electron chi connectivity index (χ1n) is 8.03. The Morgan fingerprint density at radius 3 is 2.79 bits per heavy atom. The van der Waals surface area contributed by atoms with Gasteiger partial charge in [-0.15, -0.1) is 0 Å². The van der Waals surface area contributed by atoms with Crippen LogP contribution in [0.25, 0.3) is 22.5 Å². The molecule has 1 N–H and O–H groups in total. The van der Waals surface area contributed by atoms with Gasteiger partial charge in [0.1, 0.15) is 0 Å². The number of ether oxygens (including phenoxy) is 1. The number of nitrogens with one attached hydrogen (secondary N) is 1. The molecule has 0 radical (unpaired) electrons. The standard InChI is InChI=1S/C19H19N3O2/c1-2-3-12-24-19(23)18-15(10-7-11-20-18)17-13-16(21-22-17)14-8-5-4-6-9-14/h4-11,13H,2-3,12H2,1H3,(H,21,22). The summed E-state index contributed by atoms with van der Waals surface area (Å²) in [5.74, 6) is -0.407. The van der Waals surface area contributed by atoms with E-state index >= 15 is 0 Å². The molecule has 0 fully saturated rings. The number of unbranched alkanes of at least 4 members (excludes halogenated alkanes) is 1. The molecular formula is C19H19N3O2. The van der Waals surface area contributed by atoms with Crippen LogP contribution in [0.15, 0.2) is 54.7 Å². The van der Waals surface area contributed by atoms with Crippen molar-refractivity contribution in [2.24, 2.45) is 0 Å². The van der Waals surface area contributed by atoms with Crippen LogP contribution in [0.1, 0.15) is 30.3 Å². The van der Waals surface area contributed by atoms with Gasteiger partial charge in [0, 0.05) is 17.3 Å². The van der Waals surface area contributed by atoms with Crippen molar-refractivity contribution in [2.45, 2.75) is 19.8 Å². The third-order valence-corrected chi connectivity index (χ3v) is 3.67. The summed E-state index contributed by atoms with van der Waals surface area (Å²) in [6, 6.07) is 15.4. The zero-order valence-electron chi connectivity index (χ0n) is 13.5. The molecule has 3 aromatic rings. The van der Waals surface area contributed by atoms with Crippen LogP contribution in [0.3, 0.4) is 0 Å². The summed E-state index contributed by atoms with van der Waals surface area (Å²) in [7, 11) is 0. The number of hydrogen-bond acceptors (Lipinski definition) is 4. The lowest BCUT2D eigenvalue weighted by molar-refractivity contribution is 0.0494. The number of aromatic nitrogens is 3. The molecule has 0 aliphatic heterocycles. The molecule has 24 heavy (non-hydrogen) atoms. The summed E-state index contributed by atoms with van der Waals surface area (Å²) in [5.41, 5.74) is 3.56. The number of esters is 1. The fourth-order valence-electron chi connectivity index (χ4n) is 2.38. The SMILES string of the molecule is CCCCOC(=O)c1ncccc1-c1cc(-c2ccccc2)n[nH]1. The summed E-state index contributed by atoms with van der Waals surface area (Å²) in [5, 5.41) is 7.32. The number of rotatable bonds is 6. The van der Waals surface area contributed by atoms with E-state index in [4.69, 9.17) is 4.74 Å². The third-order valence-electron chi connectivity index (χ3n) is 3.67. The monoisotopic (exact) mass is 321 g/mol. The largest absolute Gasteiger partial charge is 0.461 e. The third kappa shape index (κ3) is 3.51. The predicted octanol–water partition coefficient (Wildman–Crippen LogP) is 4.10. The van der Waals surface area contributed by atoms with Gasteiger partial charge in [-0.2, -0.15) is 5.10 Å². The second-order valence-electron chi connectivity index (χ2n) is 5.42. The maximum atomic E-state index is 12.3. The molecule has 0 amide bonds. The molecule has 5 heteroatoms. The van der Waals surface area contributed by atoms with Gasteiger partial charge >= 0.3 is 5.97 Å². The van der Waals surface area contributed by atoms with Gasteiger partial charge in [0.25, 0.3) is 0 Å². The number of carbonyl (C=O) groups excluding carboxylic acids is 1. The molecule has 0 aliphatic carbocycles. The lowest BCUT2D eigenvalue weighted by atomic mass is 10.1. The summed E-state index contributed by atoms with van der Waals surface area (Å²) in [4.78, 5) is 16.5. The Morgan fingerprint density at radius 1 is 1.17 bits per heavy atom. The van der Waals surface area contributed by atoms with Crippen LogP contribution in [-0.4, -0.2) is 27.8 Å². The highest BCUT2D eigenvalue weighted by atomic mass is 16.5. The fourth-order valence-corrected chi connectivity index (χ4v) is 2.38. The molecule has 5 nitrogen and oxygen atoms in total. The van der Waals surface area contributed by atoms with Crippen molar-refractivity contribution < 1.29 is 9.53 Å². The Bertz CT molecular complexity index is 812. The number of carbonyl (C=O) groups is 1. The van der Waals surface area contributed by atoms with E-state index < -0.39 is 5.97 Å². The molecule has 0 saturated carbocycles. The van der Waals surface area contributed by atoms with E-state index in [-0.39, 0.29) is 0 Å².